The van der Waals surface area contributed by atoms with Crippen molar-refractivity contribution >= 4 is 11.7 Å². The summed E-state index contributed by atoms with van der Waals surface area (Å²) in [5, 5.41) is 12.9. The van der Waals surface area contributed by atoms with E-state index in [0.29, 0.717) is 12.2 Å². The molecule has 0 aromatic heterocycles. The first kappa shape index (κ1) is 15.8. The second-order valence-corrected chi connectivity index (χ2v) is 5.79. The molecule has 5 heteroatoms. The van der Waals surface area contributed by atoms with Crippen molar-refractivity contribution in [2.75, 3.05) is 25.0 Å². The Hall–Kier alpha value is -1.62. The van der Waals surface area contributed by atoms with E-state index in [-0.39, 0.29) is 18.3 Å². The average Bonchev–Trinajstić information content (AvgIpc) is 3.28. The maximum absolute atomic E-state index is 13.9. The van der Waals surface area contributed by atoms with E-state index in [2.05, 4.69) is 5.32 Å². The minimum absolute atomic E-state index is 0.121. The summed E-state index contributed by atoms with van der Waals surface area (Å²) < 4.78 is 13.9. The van der Waals surface area contributed by atoms with Crippen molar-refractivity contribution in [3.05, 3.63) is 30.1 Å². The van der Waals surface area contributed by atoms with Crippen LogP contribution in [0.4, 0.5) is 10.1 Å². The fourth-order valence-electron chi connectivity index (χ4n) is 2.79. The number of carboxylic acids is 1. The van der Waals surface area contributed by atoms with Crippen molar-refractivity contribution in [1.82, 2.24) is 5.32 Å². The van der Waals surface area contributed by atoms with Crippen LogP contribution in [0.2, 0.25) is 0 Å². The van der Waals surface area contributed by atoms with E-state index in [0.717, 1.165) is 19.3 Å². The smallest absolute Gasteiger partial charge is 0.326 e. The standard InChI is InChI=1S/C16H23FN2O2/c1-3-10-18-16(15(20)21,12-8-9-12)11-19(2)14-7-5-4-6-13(14)17/h4-7,12,18H,3,8-11H2,1-2H3,(H,20,21). The molecule has 0 heterocycles. The number of halogens is 1. The molecule has 0 amide bonds. The van der Waals surface area contributed by atoms with Gasteiger partial charge in [0.25, 0.3) is 0 Å². The molecule has 0 spiro atoms. The first-order chi connectivity index (χ1) is 10.0. The molecule has 1 aliphatic rings. The third-order valence-electron chi connectivity index (χ3n) is 4.10. The summed E-state index contributed by atoms with van der Waals surface area (Å²) in [5.41, 5.74) is -0.561. The van der Waals surface area contributed by atoms with Gasteiger partial charge in [0.1, 0.15) is 11.4 Å². The van der Waals surface area contributed by atoms with Gasteiger partial charge in [-0.05, 0) is 43.9 Å². The number of aliphatic carboxylic acids is 1. The summed E-state index contributed by atoms with van der Waals surface area (Å²) in [7, 11) is 1.74. The second-order valence-electron chi connectivity index (χ2n) is 5.79. The van der Waals surface area contributed by atoms with Crippen LogP contribution in [0.5, 0.6) is 0 Å². The first-order valence-electron chi connectivity index (χ1n) is 7.45. The molecule has 4 nitrogen and oxygen atoms in total. The molecule has 0 saturated heterocycles. The van der Waals surface area contributed by atoms with E-state index in [4.69, 9.17) is 0 Å². The predicted molar refractivity (Wildman–Crippen MR) is 81.1 cm³/mol. The third-order valence-corrected chi connectivity index (χ3v) is 4.10. The van der Waals surface area contributed by atoms with Crippen LogP contribution in [-0.2, 0) is 4.79 Å². The molecule has 116 valence electrons. The quantitative estimate of drug-likeness (QED) is 0.773. The SMILES string of the molecule is CCCNC(CN(C)c1ccccc1F)(C(=O)O)C1CC1. The van der Waals surface area contributed by atoms with Crippen LogP contribution in [0.15, 0.2) is 24.3 Å². The Labute approximate surface area is 125 Å². The number of anilines is 1. The molecule has 2 rings (SSSR count). The van der Waals surface area contributed by atoms with Crippen molar-refractivity contribution in [2.24, 2.45) is 5.92 Å². The highest BCUT2D eigenvalue weighted by molar-refractivity contribution is 5.81. The highest BCUT2D eigenvalue weighted by Gasteiger charge is 2.51. The van der Waals surface area contributed by atoms with E-state index in [1.807, 2.05) is 6.92 Å². The lowest BCUT2D eigenvalue weighted by Crippen LogP contribution is -2.60. The maximum atomic E-state index is 13.9. The number of para-hydroxylation sites is 1. The molecule has 1 fully saturated rings. The number of benzene rings is 1. The van der Waals surface area contributed by atoms with Crippen molar-refractivity contribution in [1.29, 1.82) is 0 Å². The number of likely N-dealkylation sites (N-methyl/N-ethyl adjacent to an activating group) is 1. The van der Waals surface area contributed by atoms with Gasteiger partial charge in [-0.15, -0.1) is 0 Å². The number of nitrogens with zero attached hydrogens (tertiary/aromatic N) is 1. The van der Waals surface area contributed by atoms with Crippen LogP contribution in [0.3, 0.4) is 0 Å². The average molecular weight is 294 g/mol. The van der Waals surface area contributed by atoms with E-state index >= 15 is 0 Å². The van der Waals surface area contributed by atoms with Crippen LogP contribution in [0.25, 0.3) is 0 Å². The Morgan fingerprint density at radius 1 is 1.48 bits per heavy atom. The molecule has 0 radical (unpaired) electrons. The van der Waals surface area contributed by atoms with Crippen LogP contribution >= 0.6 is 0 Å². The molecule has 1 unspecified atom stereocenters. The fourth-order valence-corrected chi connectivity index (χ4v) is 2.79. The maximum Gasteiger partial charge on any atom is 0.326 e. The zero-order chi connectivity index (χ0) is 15.5. The lowest BCUT2D eigenvalue weighted by molar-refractivity contribution is -0.145. The van der Waals surface area contributed by atoms with E-state index in [1.165, 1.54) is 6.07 Å². The topological polar surface area (TPSA) is 52.6 Å². The zero-order valence-electron chi connectivity index (χ0n) is 12.6. The molecule has 0 aliphatic heterocycles. The number of rotatable bonds is 8. The van der Waals surface area contributed by atoms with E-state index < -0.39 is 11.5 Å². The fraction of sp³-hybridized carbons (Fsp3) is 0.562. The number of hydrogen-bond acceptors (Lipinski definition) is 3. The van der Waals surface area contributed by atoms with Gasteiger partial charge in [0, 0.05) is 13.6 Å². The summed E-state index contributed by atoms with van der Waals surface area (Å²) in [6, 6.07) is 6.46. The molecular weight excluding hydrogens is 271 g/mol. The van der Waals surface area contributed by atoms with Crippen LogP contribution < -0.4 is 10.2 Å². The summed E-state index contributed by atoms with van der Waals surface area (Å²) in [6.45, 7) is 2.91. The molecule has 1 atom stereocenters. The first-order valence-corrected chi connectivity index (χ1v) is 7.45. The minimum atomic E-state index is -0.993. The second kappa shape index (κ2) is 6.43. The van der Waals surface area contributed by atoms with Crippen LogP contribution in [-0.4, -0.2) is 36.8 Å². The number of carbonyl (C=O) groups is 1. The van der Waals surface area contributed by atoms with Crippen molar-refractivity contribution in [2.45, 2.75) is 31.7 Å². The molecule has 1 aromatic rings. The third kappa shape index (κ3) is 3.35. The molecule has 21 heavy (non-hydrogen) atoms. The van der Waals surface area contributed by atoms with Gasteiger partial charge in [0.2, 0.25) is 0 Å². The summed E-state index contributed by atoms with van der Waals surface area (Å²) in [6.07, 6.45) is 2.69. The minimum Gasteiger partial charge on any atom is -0.480 e. The highest BCUT2D eigenvalue weighted by Crippen LogP contribution is 2.41. The summed E-state index contributed by atoms with van der Waals surface area (Å²) >= 11 is 0. The van der Waals surface area contributed by atoms with Gasteiger partial charge < -0.3 is 15.3 Å². The monoisotopic (exact) mass is 294 g/mol. The highest BCUT2D eigenvalue weighted by atomic mass is 19.1. The largest absolute Gasteiger partial charge is 0.480 e. The van der Waals surface area contributed by atoms with Crippen molar-refractivity contribution in [3.63, 3.8) is 0 Å². The van der Waals surface area contributed by atoms with Gasteiger partial charge in [-0.2, -0.15) is 0 Å². The molecule has 1 aliphatic carbocycles. The lowest BCUT2D eigenvalue weighted by atomic mass is 9.92. The Morgan fingerprint density at radius 2 is 2.14 bits per heavy atom. The molecule has 2 N–H and O–H groups in total. The van der Waals surface area contributed by atoms with Gasteiger partial charge in [-0.3, -0.25) is 4.79 Å². The van der Waals surface area contributed by atoms with Gasteiger partial charge >= 0.3 is 5.97 Å². The Morgan fingerprint density at radius 3 is 2.67 bits per heavy atom. The Bertz CT molecular complexity index is 505. The normalized spacial score (nSPS) is 17.3. The van der Waals surface area contributed by atoms with Crippen LogP contribution in [0, 0.1) is 11.7 Å². The molecule has 1 aromatic carbocycles. The Kier molecular flexibility index (Phi) is 4.83. The summed E-state index contributed by atoms with van der Waals surface area (Å²) in [4.78, 5) is 13.6. The van der Waals surface area contributed by atoms with Crippen LogP contribution in [0.1, 0.15) is 26.2 Å². The van der Waals surface area contributed by atoms with Gasteiger partial charge in [-0.1, -0.05) is 19.1 Å². The molecule has 0 bridgehead atoms. The number of nitrogens with one attached hydrogen (secondary N) is 1. The molecule has 1 saturated carbocycles. The van der Waals surface area contributed by atoms with Crippen molar-refractivity contribution < 1.29 is 14.3 Å². The predicted octanol–water partition coefficient (Wildman–Crippen LogP) is 2.49. The molecular formula is C16H23FN2O2. The Balaban J connectivity index is 2.22. The van der Waals surface area contributed by atoms with Crippen molar-refractivity contribution in [3.8, 4) is 0 Å². The number of carboxylic acid groups (broad SMARTS) is 1. The van der Waals surface area contributed by atoms with E-state index in [9.17, 15) is 14.3 Å². The zero-order valence-corrected chi connectivity index (χ0v) is 12.6. The van der Waals surface area contributed by atoms with Gasteiger partial charge in [0.05, 0.1) is 5.69 Å². The lowest BCUT2D eigenvalue weighted by Gasteiger charge is -2.35. The van der Waals surface area contributed by atoms with Gasteiger partial charge in [0.15, 0.2) is 0 Å². The summed E-state index contributed by atoms with van der Waals surface area (Å²) in [5.74, 6) is -1.05. The van der Waals surface area contributed by atoms with Gasteiger partial charge in [-0.25, -0.2) is 4.39 Å². The number of hydrogen-bond donors (Lipinski definition) is 2. The van der Waals surface area contributed by atoms with E-state index in [1.54, 1.807) is 30.1 Å².